The van der Waals surface area contributed by atoms with Gasteiger partial charge < -0.3 is 10.1 Å². The average molecular weight is 262 g/mol. The molecular formula is C14H18N2OS. The fourth-order valence-corrected chi connectivity index (χ4v) is 2.40. The van der Waals surface area contributed by atoms with E-state index in [1.807, 2.05) is 23.7 Å². The summed E-state index contributed by atoms with van der Waals surface area (Å²) in [4.78, 5) is 4.27. The lowest BCUT2D eigenvalue weighted by Crippen LogP contribution is -2.21. The first-order valence-corrected chi connectivity index (χ1v) is 6.93. The first kappa shape index (κ1) is 13.1. The Bertz CT molecular complexity index is 453. The molecule has 0 aliphatic carbocycles. The SMILES string of the molecule is COc1ccc(C(C)NCCc2nccs2)cc1. The minimum atomic E-state index is 0.343. The molecule has 0 aliphatic rings. The minimum Gasteiger partial charge on any atom is -0.497 e. The molecule has 1 N–H and O–H groups in total. The molecule has 0 aliphatic heterocycles. The Hall–Kier alpha value is -1.39. The van der Waals surface area contributed by atoms with E-state index in [0.717, 1.165) is 18.7 Å². The smallest absolute Gasteiger partial charge is 0.118 e. The van der Waals surface area contributed by atoms with Crippen LogP contribution in [-0.2, 0) is 6.42 Å². The summed E-state index contributed by atoms with van der Waals surface area (Å²) in [5.74, 6) is 0.897. The Labute approximate surface area is 112 Å². The van der Waals surface area contributed by atoms with E-state index in [0.29, 0.717) is 6.04 Å². The lowest BCUT2D eigenvalue weighted by molar-refractivity contribution is 0.414. The van der Waals surface area contributed by atoms with E-state index < -0.39 is 0 Å². The van der Waals surface area contributed by atoms with Gasteiger partial charge in [-0.25, -0.2) is 4.98 Å². The van der Waals surface area contributed by atoms with Crippen LogP contribution in [0, 0.1) is 0 Å². The predicted molar refractivity (Wildman–Crippen MR) is 75.2 cm³/mol. The summed E-state index contributed by atoms with van der Waals surface area (Å²) in [5, 5.41) is 6.70. The van der Waals surface area contributed by atoms with Gasteiger partial charge in [-0.05, 0) is 24.6 Å². The van der Waals surface area contributed by atoms with Gasteiger partial charge in [-0.15, -0.1) is 11.3 Å². The zero-order valence-corrected chi connectivity index (χ0v) is 11.5. The third-order valence-corrected chi connectivity index (χ3v) is 3.73. The number of rotatable bonds is 6. The summed E-state index contributed by atoms with van der Waals surface area (Å²) in [6.07, 6.45) is 2.84. The Balaban J connectivity index is 1.81. The van der Waals surface area contributed by atoms with E-state index >= 15 is 0 Å². The van der Waals surface area contributed by atoms with Gasteiger partial charge in [0.05, 0.1) is 12.1 Å². The van der Waals surface area contributed by atoms with E-state index in [1.54, 1.807) is 18.4 Å². The van der Waals surface area contributed by atoms with Gasteiger partial charge in [-0.2, -0.15) is 0 Å². The molecule has 2 rings (SSSR count). The van der Waals surface area contributed by atoms with Crippen LogP contribution >= 0.6 is 11.3 Å². The molecule has 0 amide bonds. The molecule has 1 atom stereocenters. The maximum absolute atomic E-state index is 5.15. The van der Waals surface area contributed by atoms with Crippen molar-refractivity contribution < 1.29 is 4.74 Å². The van der Waals surface area contributed by atoms with Gasteiger partial charge in [-0.3, -0.25) is 0 Å². The number of hydrogen-bond acceptors (Lipinski definition) is 4. The topological polar surface area (TPSA) is 34.1 Å². The van der Waals surface area contributed by atoms with E-state index in [1.165, 1.54) is 10.6 Å². The van der Waals surface area contributed by atoms with Gasteiger partial charge in [0.2, 0.25) is 0 Å². The molecule has 0 radical (unpaired) electrons. The molecule has 0 saturated carbocycles. The number of methoxy groups -OCH3 is 1. The van der Waals surface area contributed by atoms with Gasteiger partial charge in [0.25, 0.3) is 0 Å². The molecule has 0 bridgehead atoms. The molecule has 4 heteroatoms. The fraction of sp³-hybridized carbons (Fsp3) is 0.357. The molecule has 0 spiro atoms. The van der Waals surface area contributed by atoms with E-state index in [9.17, 15) is 0 Å². The van der Waals surface area contributed by atoms with Crippen molar-refractivity contribution in [3.05, 3.63) is 46.4 Å². The Morgan fingerprint density at radius 3 is 2.72 bits per heavy atom. The lowest BCUT2D eigenvalue weighted by Gasteiger charge is -2.14. The average Bonchev–Trinajstić information content (AvgIpc) is 2.92. The molecule has 18 heavy (non-hydrogen) atoms. The van der Waals surface area contributed by atoms with Crippen LogP contribution in [0.1, 0.15) is 23.5 Å². The Kier molecular flexibility index (Phi) is 4.73. The summed E-state index contributed by atoms with van der Waals surface area (Å²) in [6, 6.07) is 8.53. The number of nitrogens with zero attached hydrogens (tertiary/aromatic N) is 1. The van der Waals surface area contributed by atoms with Crippen molar-refractivity contribution in [3.8, 4) is 5.75 Å². The molecule has 1 aromatic heterocycles. The molecule has 0 fully saturated rings. The van der Waals surface area contributed by atoms with Crippen LogP contribution in [0.4, 0.5) is 0 Å². The second-order valence-electron chi connectivity index (χ2n) is 4.12. The molecule has 1 aromatic carbocycles. The quantitative estimate of drug-likeness (QED) is 0.869. The molecular weight excluding hydrogens is 244 g/mol. The van der Waals surface area contributed by atoms with Gasteiger partial charge in [0.1, 0.15) is 5.75 Å². The van der Waals surface area contributed by atoms with Gasteiger partial charge in [0, 0.05) is 30.6 Å². The number of nitrogens with one attached hydrogen (secondary N) is 1. The first-order valence-electron chi connectivity index (χ1n) is 6.05. The van der Waals surface area contributed by atoms with Crippen LogP contribution in [0.3, 0.4) is 0 Å². The van der Waals surface area contributed by atoms with Crippen molar-refractivity contribution in [2.24, 2.45) is 0 Å². The van der Waals surface area contributed by atoms with Gasteiger partial charge in [0.15, 0.2) is 0 Å². The van der Waals surface area contributed by atoms with Crippen molar-refractivity contribution in [1.82, 2.24) is 10.3 Å². The molecule has 3 nitrogen and oxygen atoms in total. The van der Waals surface area contributed by atoms with Crippen LogP contribution in [-0.4, -0.2) is 18.6 Å². The van der Waals surface area contributed by atoms with Crippen molar-refractivity contribution in [3.63, 3.8) is 0 Å². The highest BCUT2D eigenvalue weighted by Gasteiger charge is 2.05. The Morgan fingerprint density at radius 1 is 1.33 bits per heavy atom. The maximum Gasteiger partial charge on any atom is 0.118 e. The number of hydrogen-bond donors (Lipinski definition) is 1. The number of benzene rings is 1. The van der Waals surface area contributed by atoms with Crippen molar-refractivity contribution in [2.45, 2.75) is 19.4 Å². The lowest BCUT2D eigenvalue weighted by atomic mass is 10.1. The van der Waals surface area contributed by atoms with E-state index in [2.05, 4.69) is 29.4 Å². The zero-order valence-electron chi connectivity index (χ0n) is 10.7. The van der Waals surface area contributed by atoms with Crippen LogP contribution in [0.25, 0.3) is 0 Å². The largest absolute Gasteiger partial charge is 0.497 e. The monoisotopic (exact) mass is 262 g/mol. The highest BCUT2D eigenvalue weighted by atomic mass is 32.1. The van der Waals surface area contributed by atoms with Gasteiger partial charge in [-0.1, -0.05) is 12.1 Å². The summed E-state index contributed by atoms with van der Waals surface area (Å²) in [6.45, 7) is 3.12. The normalized spacial score (nSPS) is 12.3. The molecule has 1 unspecified atom stereocenters. The number of thiazole rings is 1. The minimum absolute atomic E-state index is 0.343. The molecule has 1 heterocycles. The summed E-state index contributed by atoms with van der Waals surface area (Å²) >= 11 is 1.71. The molecule has 96 valence electrons. The van der Waals surface area contributed by atoms with Crippen LogP contribution in [0.2, 0.25) is 0 Å². The summed E-state index contributed by atoms with van der Waals surface area (Å²) < 4.78 is 5.15. The third kappa shape index (κ3) is 3.55. The summed E-state index contributed by atoms with van der Waals surface area (Å²) in [5.41, 5.74) is 1.27. The summed E-state index contributed by atoms with van der Waals surface area (Å²) in [7, 11) is 1.69. The van der Waals surface area contributed by atoms with Crippen molar-refractivity contribution in [2.75, 3.05) is 13.7 Å². The number of ether oxygens (including phenoxy) is 1. The molecule has 0 saturated heterocycles. The zero-order chi connectivity index (χ0) is 12.8. The van der Waals surface area contributed by atoms with E-state index in [4.69, 9.17) is 4.74 Å². The van der Waals surface area contributed by atoms with Crippen LogP contribution < -0.4 is 10.1 Å². The van der Waals surface area contributed by atoms with Gasteiger partial charge >= 0.3 is 0 Å². The van der Waals surface area contributed by atoms with E-state index in [-0.39, 0.29) is 0 Å². The standard InChI is InChI=1S/C14H18N2OS/c1-11(12-3-5-13(17-2)6-4-12)15-8-7-14-16-9-10-18-14/h3-6,9-11,15H,7-8H2,1-2H3. The second kappa shape index (κ2) is 6.52. The maximum atomic E-state index is 5.15. The first-order chi connectivity index (χ1) is 8.79. The third-order valence-electron chi connectivity index (χ3n) is 2.89. The highest BCUT2D eigenvalue weighted by Crippen LogP contribution is 2.17. The van der Waals surface area contributed by atoms with Crippen LogP contribution in [0.5, 0.6) is 5.75 Å². The number of aromatic nitrogens is 1. The Morgan fingerprint density at radius 2 is 2.11 bits per heavy atom. The van der Waals surface area contributed by atoms with Crippen molar-refractivity contribution in [1.29, 1.82) is 0 Å². The second-order valence-corrected chi connectivity index (χ2v) is 5.10. The van der Waals surface area contributed by atoms with Crippen molar-refractivity contribution >= 4 is 11.3 Å². The predicted octanol–water partition coefficient (Wildman–Crippen LogP) is 3.05. The fourth-order valence-electron chi connectivity index (χ4n) is 1.78. The van der Waals surface area contributed by atoms with Crippen LogP contribution in [0.15, 0.2) is 35.8 Å². The highest BCUT2D eigenvalue weighted by molar-refractivity contribution is 7.09. The molecule has 2 aromatic rings.